The molecule has 0 bridgehead atoms. The third-order valence-corrected chi connectivity index (χ3v) is 4.96. The van der Waals surface area contributed by atoms with Crippen LogP contribution in [0.5, 0.6) is 0 Å². The number of rotatable bonds is 6. The summed E-state index contributed by atoms with van der Waals surface area (Å²) in [7, 11) is 4.95. The van der Waals surface area contributed by atoms with Crippen LogP contribution in [0.15, 0.2) is 40.4 Å². The molecule has 164 valence electrons. The highest BCUT2D eigenvalue weighted by molar-refractivity contribution is 8.00. The Labute approximate surface area is 180 Å². The van der Waals surface area contributed by atoms with E-state index in [1.54, 1.807) is 50.8 Å². The van der Waals surface area contributed by atoms with Gasteiger partial charge >= 0.3 is 5.51 Å². The van der Waals surface area contributed by atoms with Gasteiger partial charge in [0, 0.05) is 26.0 Å². The van der Waals surface area contributed by atoms with E-state index in [0.29, 0.717) is 40.4 Å². The number of imidazole rings is 1. The Morgan fingerprint density at radius 2 is 2.00 bits per heavy atom. The number of pyridine rings is 1. The highest BCUT2D eigenvalue weighted by Crippen LogP contribution is 2.38. The molecular formula is C20H20F3N5O2S. The number of amides is 1. The maximum Gasteiger partial charge on any atom is 0.446 e. The van der Waals surface area contributed by atoms with E-state index in [4.69, 9.17) is 4.84 Å². The van der Waals surface area contributed by atoms with Crippen molar-refractivity contribution < 1.29 is 22.8 Å². The first-order valence-electron chi connectivity index (χ1n) is 9.21. The molecule has 0 aliphatic heterocycles. The van der Waals surface area contributed by atoms with Gasteiger partial charge in [0.25, 0.3) is 5.91 Å². The minimum absolute atomic E-state index is 0.0276. The van der Waals surface area contributed by atoms with Gasteiger partial charge in [-0.15, -0.1) is 0 Å². The normalized spacial score (nSPS) is 12.0. The number of alkyl halides is 3. The Hall–Kier alpha value is -3.08. The summed E-state index contributed by atoms with van der Waals surface area (Å²) >= 11 is -0.205. The summed E-state index contributed by atoms with van der Waals surface area (Å²) in [6, 6.07) is 7.56. The molecule has 31 heavy (non-hydrogen) atoms. The molecular weight excluding hydrogens is 431 g/mol. The van der Waals surface area contributed by atoms with E-state index in [-0.39, 0.29) is 22.6 Å². The van der Waals surface area contributed by atoms with Crippen LogP contribution in [0, 0.1) is 0 Å². The van der Waals surface area contributed by atoms with Crippen LogP contribution in [0.25, 0.3) is 22.6 Å². The van der Waals surface area contributed by atoms with Crippen molar-refractivity contribution in [2.45, 2.75) is 17.3 Å². The number of nitrogens with zero attached hydrogens (tertiary/aromatic N) is 5. The minimum atomic E-state index is -4.40. The molecule has 7 nitrogen and oxygen atoms in total. The molecule has 0 fully saturated rings. The van der Waals surface area contributed by atoms with Crippen molar-refractivity contribution in [1.82, 2.24) is 19.4 Å². The van der Waals surface area contributed by atoms with Crippen LogP contribution in [0.4, 0.5) is 13.2 Å². The van der Waals surface area contributed by atoms with Crippen LogP contribution >= 0.6 is 11.8 Å². The van der Waals surface area contributed by atoms with Gasteiger partial charge < -0.3 is 14.3 Å². The van der Waals surface area contributed by atoms with E-state index in [1.165, 1.54) is 23.2 Å². The van der Waals surface area contributed by atoms with Gasteiger partial charge in [0.1, 0.15) is 12.3 Å². The first kappa shape index (κ1) is 22.6. The highest BCUT2D eigenvalue weighted by atomic mass is 32.2. The number of hydrogen-bond donors (Lipinski definition) is 0. The van der Waals surface area contributed by atoms with Gasteiger partial charge in [-0.1, -0.05) is 5.16 Å². The van der Waals surface area contributed by atoms with E-state index in [2.05, 4.69) is 15.1 Å². The summed E-state index contributed by atoms with van der Waals surface area (Å²) < 4.78 is 39.9. The average Bonchev–Trinajstić information content (AvgIpc) is 3.02. The first-order valence-corrected chi connectivity index (χ1v) is 10.0. The van der Waals surface area contributed by atoms with Crippen LogP contribution in [0.2, 0.25) is 0 Å². The molecule has 2 aromatic heterocycles. The van der Waals surface area contributed by atoms with Gasteiger partial charge in [0.15, 0.2) is 5.82 Å². The Balaban J connectivity index is 2.15. The van der Waals surface area contributed by atoms with Crippen LogP contribution in [-0.2, 0) is 11.9 Å². The lowest BCUT2D eigenvalue weighted by Crippen LogP contribution is -2.23. The lowest BCUT2D eigenvalue weighted by molar-refractivity contribution is -0.0328. The fraction of sp³-hybridized carbons (Fsp3) is 0.300. The maximum atomic E-state index is 12.7. The predicted octanol–water partition coefficient (Wildman–Crippen LogP) is 4.32. The molecule has 11 heteroatoms. The lowest BCUT2D eigenvalue weighted by Gasteiger charge is -2.14. The molecule has 0 unspecified atom stereocenters. The Kier molecular flexibility index (Phi) is 6.54. The first-order chi connectivity index (χ1) is 14.6. The third kappa shape index (κ3) is 5.16. The van der Waals surface area contributed by atoms with E-state index < -0.39 is 5.51 Å². The standard InChI is InChI=1S/C20H20F3N5O2S/c1-5-30-24-11-12-6-8-14(19(29)27(2)3)17(25-12)18-26-15-10-13(31-20(21,22)23)7-9-16(15)28(18)4/h6-11H,5H2,1-4H3/b24-11+. The zero-order valence-electron chi connectivity index (χ0n) is 17.3. The average molecular weight is 451 g/mol. The number of oxime groups is 1. The molecule has 0 saturated carbocycles. The zero-order chi connectivity index (χ0) is 22.8. The SMILES string of the molecule is CCO/N=C/c1ccc(C(=O)N(C)C)c(-c2nc3cc(SC(F)(F)F)ccc3n2C)n1. The van der Waals surface area contributed by atoms with Crippen molar-refractivity contribution in [3.63, 3.8) is 0 Å². The van der Waals surface area contributed by atoms with Crippen molar-refractivity contribution >= 4 is 34.9 Å². The van der Waals surface area contributed by atoms with Crippen molar-refractivity contribution in [2.75, 3.05) is 20.7 Å². The largest absolute Gasteiger partial charge is 0.446 e. The van der Waals surface area contributed by atoms with Gasteiger partial charge in [0.2, 0.25) is 0 Å². The number of thioether (sulfide) groups is 1. The van der Waals surface area contributed by atoms with Gasteiger partial charge in [-0.05, 0) is 49.0 Å². The number of benzene rings is 1. The Morgan fingerprint density at radius 1 is 1.26 bits per heavy atom. The highest BCUT2D eigenvalue weighted by Gasteiger charge is 2.29. The topological polar surface area (TPSA) is 72.6 Å². The van der Waals surface area contributed by atoms with Crippen LogP contribution < -0.4 is 0 Å². The fourth-order valence-electron chi connectivity index (χ4n) is 2.88. The van der Waals surface area contributed by atoms with Crippen molar-refractivity contribution in [3.05, 3.63) is 41.6 Å². The summed E-state index contributed by atoms with van der Waals surface area (Å²) in [5.74, 6) is 0.0668. The van der Waals surface area contributed by atoms with Crippen molar-refractivity contribution in [3.8, 4) is 11.5 Å². The van der Waals surface area contributed by atoms with E-state index in [1.807, 2.05) is 0 Å². The van der Waals surface area contributed by atoms with Gasteiger partial charge in [0.05, 0.1) is 28.5 Å². The number of fused-ring (bicyclic) bond motifs is 1. The monoisotopic (exact) mass is 451 g/mol. The summed E-state index contributed by atoms with van der Waals surface area (Å²) in [6.45, 7) is 2.18. The quantitative estimate of drug-likeness (QED) is 0.317. The number of aromatic nitrogens is 3. The number of aryl methyl sites for hydroxylation is 1. The summed E-state index contributed by atoms with van der Waals surface area (Å²) in [5, 5.41) is 3.80. The summed E-state index contributed by atoms with van der Waals surface area (Å²) in [6.07, 6.45) is 1.41. The molecule has 3 aromatic rings. The smallest absolute Gasteiger partial charge is 0.396 e. The van der Waals surface area contributed by atoms with Gasteiger partial charge in [-0.25, -0.2) is 9.97 Å². The molecule has 0 radical (unpaired) electrons. The summed E-state index contributed by atoms with van der Waals surface area (Å²) in [5.41, 5.74) is -2.37. The number of hydrogen-bond acceptors (Lipinski definition) is 6. The van der Waals surface area contributed by atoms with E-state index in [9.17, 15) is 18.0 Å². The molecule has 0 N–H and O–H groups in total. The summed E-state index contributed by atoms with van der Waals surface area (Å²) in [4.78, 5) is 28.1. The van der Waals surface area contributed by atoms with E-state index in [0.717, 1.165) is 0 Å². The molecule has 0 aliphatic rings. The van der Waals surface area contributed by atoms with Crippen LogP contribution in [0.3, 0.4) is 0 Å². The molecule has 1 amide bonds. The zero-order valence-corrected chi connectivity index (χ0v) is 18.1. The minimum Gasteiger partial charge on any atom is -0.396 e. The van der Waals surface area contributed by atoms with Crippen LogP contribution in [0.1, 0.15) is 23.0 Å². The molecule has 0 spiro atoms. The molecule has 0 saturated heterocycles. The third-order valence-electron chi connectivity index (χ3n) is 4.24. The van der Waals surface area contributed by atoms with Crippen molar-refractivity contribution in [2.24, 2.45) is 12.2 Å². The Bertz CT molecular complexity index is 1140. The number of halogens is 3. The van der Waals surface area contributed by atoms with Crippen LogP contribution in [-0.4, -0.2) is 57.8 Å². The molecule has 3 rings (SSSR count). The molecule has 2 heterocycles. The molecule has 0 atom stereocenters. The fourth-order valence-corrected chi connectivity index (χ4v) is 3.46. The number of carbonyl (C=O) groups excluding carboxylic acids is 1. The van der Waals surface area contributed by atoms with Crippen molar-refractivity contribution in [1.29, 1.82) is 0 Å². The van der Waals surface area contributed by atoms with Gasteiger partial charge in [-0.2, -0.15) is 13.2 Å². The predicted molar refractivity (Wildman–Crippen MR) is 113 cm³/mol. The maximum absolute atomic E-state index is 12.7. The lowest BCUT2D eigenvalue weighted by atomic mass is 10.1. The second-order valence-corrected chi connectivity index (χ2v) is 7.82. The second-order valence-electron chi connectivity index (χ2n) is 6.68. The van der Waals surface area contributed by atoms with E-state index >= 15 is 0 Å². The Morgan fingerprint density at radius 3 is 2.65 bits per heavy atom. The number of carbonyl (C=O) groups is 1. The molecule has 0 aliphatic carbocycles. The second kappa shape index (κ2) is 8.96. The van der Waals surface area contributed by atoms with Gasteiger partial charge in [-0.3, -0.25) is 4.79 Å². The molecule has 1 aromatic carbocycles.